The second-order valence-corrected chi connectivity index (χ2v) is 12.6. The third-order valence-electron chi connectivity index (χ3n) is 9.05. The number of pyridine rings is 2. The lowest BCUT2D eigenvalue weighted by atomic mass is 9.86. The van der Waals surface area contributed by atoms with Gasteiger partial charge in [0.2, 0.25) is 0 Å². The monoisotopic (exact) mass is 735 g/mol. The van der Waals surface area contributed by atoms with Gasteiger partial charge in [-0.1, -0.05) is 61.5 Å². The van der Waals surface area contributed by atoms with Crippen molar-refractivity contribution in [2.45, 2.75) is 57.7 Å². The molecule has 52 heavy (non-hydrogen) atoms. The maximum absolute atomic E-state index is 13.0. The molecular weight excluding hydrogens is 699 g/mol. The van der Waals surface area contributed by atoms with Gasteiger partial charge in [-0.3, -0.25) is 4.79 Å². The smallest absolute Gasteiger partial charge is 0.416 e. The number of nitrogens with zero attached hydrogens (tertiary/aromatic N) is 2. The summed E-state index contributed by atoms with van der Waals surface area (Å²) in [5.41, 5.74) is 2.26. The number of aromatic nitrogens is 2. The van der Waals surface area contributed by atoms with Gasteiger partial charge in [0, 0.05) is 29.1 Å². The molecule has 2 unspecified atom stereocenters. The molecule has 13 heteroatoms. The SMILES string of the molecule is CC(Cc1cccc(C(F)(F)F)c1)NCCOC(=O)c1ccccc1.CCC1(O)C(=O)OCc2c1cc1n(c2=O)Cc2cc3ccccc3nc2-1.Cl. The van der Waals surface area contributed by atoms with Gasteiger partial charge in [-0.25, -0.2) is 14.6 Å². The first-order chi connectivity index (χ1) is 24.4. The van der Waals surface area contributed by atoms with E-state index < -0.39 is 29.3 Å². The van der Waals surface area contributed by atoms with E-state index in [1.165, 1.54) is 6.07 Å². The van der Waals surface area contributed by atoms with Crippen LogP contribution >= 0.6 is 12.4 Å². The Morgan fingerprint density at radius 1 is 1.04 bits per heavy atom. The molecule has 3 aromatic carbocycles. The topological polar surface area (TPSA) is 120 Å². The Kier molecular flexibility index (Phi) is 11.5. The van der Waals surface area contributed by atoms with Crippen molar-refractivity contribution in [2.24, 2.45) is 0 Å². The number of aliphatic hydroxyl groups is 1. The van der Waals surface area contributed by atoms with Crippen LogP contribution in [-0.2, 0) is 45.6 Å². The van der Waals surface area contributed by atoms with Gasteiger partial charge in [0.25, 0.3) is 5.56 Å². The zero-order valence-electron chi connectivity index (χ0n) is 28.4. The number of halogens is 4. The highest BCUT2D eigenvalue weighted by Gasteiger charge is 2.45. The van der Waals surface area contributed by atoms with E-state index in [0.29, 0.717) is 47.5 Å². The fraction of sp³-hybridized carbons (Fsp3) is 0.282. The number of cyclic esters (lactones) is 1. The summed E-state index contributed by atoms with van der Waals surface area (Å²) in [6, 6.07) is 25.5. The standard InChI is InChI=1S/C20H16N2O4.C19H20F3NO2.ClH/c1-2-20(25)14-8-16-17-12(7-11-5-3-4-6-15(11)21-17)9-22(16)18(23)13(14)10-26-19(20)24;1-14(12-15-6-5-9-17(13-15)19(20,21)22)23-10-11-25-18(24)16-7-3-2-4-8-16;/h3-8,25H,2,9-10H2,1H3;2-9,13-14,23H,10-12H2,1H3;1H. The van der Waals surface area contributed by atoms with Crippen molar-refractivity contribution in [3.05, 3.63) is 135 Å². The second-order valence-electron chi connectivity index (χ2n) is 12.6. The van der Waals surface area contributed by atoms with E-state index >= 15 is 0 Å². The van der Waals surface area contributed by atoms with Gasteiger partial charge in [-0.2, -0.15) is 13.2 Å². The summed E-state index contributed by atoms with van der Waals surface area (Å²) >= 11 is 0. The van der Waals surface area contributed by atoms with Crippen molar-refractivity contribution < 1.29 is 37.3 Å². The largest absolute Gasteiger partial charge is 0.461 e. The lowest BCUT2D eigenvalue weighted by Crippen LogP contribution is -2.44. The quantitative estimate of drug-likeness (QED) is 0.133. The Labute approximate surface area is 303 Å². The van der Waals surface area contributed by atoms with Crippen LogP contribution in [0.1, 0.15) is 58.4 Å². The van der Waals surface area contributed by atoms with Crippen molar-refractivity contribution in [1.29, 1.82) is 0 Å². The van der Waals surface area contributed by atoms with Crippen molar-refractivity contribution in [1.82, 2.24) is 14.9 Å². The highest BCUT2D eigenvalue weighted by molar-refractivity contribution is 5.89. The number of para-hydroxylation sites is 1. The predicted octanol–water partition coefficient (Wildman–Crippen LogP) is 6.58. The zero-order valence-corrected chi connectivity index (χ0v) is 29.2. The number of carbonyl (C=O) groups excluding carboxylic acids is 2. The maximum Gasteiger partial charge on any atom is 0.416 e. The third-order valence-corrected chi connectivity index (χ3v) is 9.05. The van der Waals surface area contributed by atoms with Crippen LogP contribution in [0.15, 0.2) is 95.8 Å². The van der Waals surface area contributed by atoms with E-state index in [0.717, 1.165) is 34.3 Å². The second kappa shape index (κ2) is 15.7. The Hall–Kier alpha value is -5.04. The number of ether oxygens (including phenoxy) is 2. The first-order valence-corrected chi connectivity index (χ1v) is 16.6. The van der Waals surface area contributed by atoms with E-state index in [9.17, 15) is 32.7 Å². The minimum atomic E-state index is -4.34. The normalized spacial score (nSPS) is 16.3. The Balaban J connectivity index is 0.000000198. The Morgan fingerprint density at radius 2 is 1.77 bits per heavy atom. The fourth-order valence-electron chi connectivity index (χ4n) is 6.33. The molecule has 0 amide bonds. The molecule has 2 N–H and O–H groups in total. The van der Waals surface area contributed by atoms with Crippen LogP contribution in [0.2, 0.25) is 0 Å². The van der Waals surface area contributed by atoms with Gasteiger partial charge in [-0.15, -0.1) is 12.4 Å². The van der Waals surface area contributed by atoms with Crippen molar-refractivity contribution in [3.63, 3.8) is 0 Å². The summed E-state index contributed by atoms with van der Waals surface area (Å²) in [6.07, 6.45) is -3.74. The van der Waals surface area contributed by atoms with E-state index in [-0.39, 0.29) is 43.6 Å². The van der Waals surface area contributed by atoms with Crippen LogP contribution in [0.25, 0.3) is 22.3 Å². The number of nitrogens with one attached hydrogen (secondary N) is 1. The highest BCUT2D eigenvalue weighted by Crippen LogP contribution is 2.38. The summed E-state index contributed by atoms with van der Waals surface area (Å²) < 4.78 is 50.0. The van der Waals surface area contributed by atoms with Gasteiger partial charge in [-0.05, 0) is 61.7 Å². The summed E-state index contributed by atoms with van der Waals surface area (Å²) in [7, 11) is 0. The molecule has 2 aliphatic heterocycles. The first-order valence-electron chi connectivity index (χ1n) is 16.6. The third kappa shape index (κ3) is 7.89. The maximum atomic E-state index is 13.0. The highest BCUT2D eigenvalue weighted by atomic mass is 35.5. The summed E-state index contributed by atoms with van der Waals surface area (Å²) in [4.78, 5) is 41.6. The number of fused-ring (bicyclic) bond motifs is 5. The average Bonchev–Trinajstić information content (AvgIpc) is 3.49. The van der Waals surface area contributed by atoms with E-state index in [4.69, 9.17) is 14.5 Å². The molecule has 5 aromatic rings. The Bertz CT molecular complexity index is 2160. The number of alkyl halides is 3. The van der Waals surface area contributed by atoms with E-state index in [1.54, 1.807) is 47.9 Å². The number of esters is 2. The molecule has 0 bridgehead atoms. The van der Waals surface area contributed by atoms with Crippen molar-refractivity contribution in [3.8, 4) is 11.4 Å². The van der Waals surface area contributed by atoms with E-state index in [2.05, 4.69) is 5.32 Å². The lowest BCUT2D eigenvalue weighted by Gasteiger charge is -2.31. The van der Waals surface area contributed by atoms with Crippen LogP contribution in [-0.4, -0.2) is 45.8 Å². The van der Waals surface area contributed by atoms with Crippen LogP contribution in [0.5, 0.6) is 0 Å². The molecule has 272 valence electrons. The first kappa shape index (κ1) is 38.2. The van der Waals surface area contributed by atoms with Crippen LogP contribution < -0.4 is 10.9 Å². The number of rotatable bonds is 8. The number of carbonyl (C=O) groups is 2. The molecule has 2 aliphatic rings. The molecule has 0 saturated carbocycles. The molecule has 7 rings (SSSR count). The van der Waals surface area contributed by atoms with Gasteiger partial charge >= 0.3 is 18.1 Å². The fourth-order valence-corrected chi connectivity index (χ4v) is 6.33. The number of hydrogen-bond donors (Lipinski definition) is 2. The Morgan fingerprint density at radius 3 is 2.50 bits per heavy atom. The molecule has 2 aromatic heterocycles. The molecule has 2 atom stereocenters. The van der Waals surface area contributed by atoms with Gasteiger partial charge in [0.05, 0.1) is 40.1 Å². The molecular formula is C39H37ClF3N3O6. The summed E-state index contributed by atoms with van der Waals surface area (Å²) in [5.74, 6) is -1.10. The van der Waals surface area contributed by atoms with Gasteiger partial charge in [0.15, 0.2) is 5.60 Å². The van der Waals surface area contributed by atoms with Crippen molar-refractivity contribution >= 4 is 35.2 Å². The molecule has 0 radical (unpaired) electrons. The summed E-state index contributed by atoms with van der Waals surface area (Å²) in [6.45, 7) is 4.51. The van der Waals surface area contributed by atoms with Gasteiger partial charge in [0.1, 0.15) is 13.2 Å². The van der Waals surface area contributed by atoms with Crippen LogP contribution in [0.4, 0.5) is 13.2 Å². The number of benzene rings is 3. The number of hydrogen-bond acceptors (Lipinski definition) is 8. The van der Waals surface area contributed by atoms with E-state index in [1.807, 2.05) is 43.3 Å². The average molecular weight is 736 g/mol. The molecule has 0 aliphatic carbocycles. The molecule has 9 nitrogen and oxygen atoms in total. The molecule has 0 fully saturated rings. The minimum Gasteiger partial charge on any atom is -0.461 e. The lowest BCUT2D eigenvalue weighted by molar-refractivity contribution is -0.172. The van der Waals surface area contributed by atoms with Crippen molar-refractivity contribution in [2.75, 3.05) is 13.2 Å². The summed E-state index contributed by atoms with van der Waals surface area (Å²) in [5, 5.41) is 15.0. The molecule has 4 heterocycles. The van der Waals surface area contributed by atoms with Crippen LogP contribution in [0.3, 0.4) is 0 Å². The van der Waals surface area contributed by atoms with Crippen LogP contribution in [0, 0.1) is 0 Å². The van der Waals surface area contributed by atoms with Gasteiger partial charge < -0.3 is 24.5 Å². The molecule has 0 saturated heterocycles. The molecule has 0 spiro atoms. The minimum absolute atomic E-state index is 0. The zero-order chi connectivity index (χ0) is 36.3. The predicted molar refractivity (Wildman–Crippen MR) is 191 cm³/mol.